The standard InChI is InChI=1S/C21H21NO4/c1-2-25-20(24)21(12-15-8-3-4-9-16(15)13-21)22-19(23)18-11-14-7-5-6-10-17(14)26-18/h3-10,18H,2,11-13H2,1H3,(H,22,23). The number of hydrogen-bond donors (Lipinski definition) is 1. The van der Waals surface area contributed by atoms with E-state index in [2.05, 4.69) is 5.32 Å². The number of carbonyl (C=O) groups is 2. The SMILES string of the molecule is CCOC(=O)C1(NC(=O)C2Cc3ccccc3O2)Cc2ccccc2C1. The fourth-order valence-corrected chi connectivity index (χ4v) is 3.81. The summed E-state index contributed by atoms with van der Waals surface area (Å²) in [5.74, 6) is 0.0645. The van der Waals surface area contributed by atoms with Gasteiger partial charge in [-0.3, -0.25) is 4.79 Å². The zero-order chi connectivity index (χ0) is 18.1. The molecule has 1 aliphatic heterocycles. The molecule has 134 valence electrons. The highest BCUT2D eigenvalue weighted by Gasteiger charge is 2.47. The molecule has 4 rings (SSSR count). The molecule has 26 heavy (non-hydrogen) atoms. The van der Waals surface area contributed by atoms with Crippen LogP contribution in [0, 0.1) is 0 Å². The van der Waals surface area contributed by atoms with Crippen molar-refractivity contribution in [1.29, 1.82) is 0 Å². The first kappa shape index (κ1) is 16.6. The van der Waals surface area contributed by atoms with Crippen LogP contribution in [0.25, 0.3) is 0 Å². The van der Waals surface area contributed by atoms with Gasteiger partial charge in [0.05, 0.1) is 6.61 Å². The van der Waals surface area contributed by atoms with Crippen molar-refractivity contribution in [3.8, 4) is 5.75 Å². The van der Waals surface area contributed by atoms with Crippen molar-refractivity contribution in [2.75, 3.05) is 6.61 Å². The molecular formula is C21H21NO4. The lowest BCUT2D eigenvalue weighted by atomic mass is 9.95. The third-order valence-corrected chi connectivity index (χ3v) is 5.07. The van der Waals surface area contributed by atoms with E-state index in [-0.39, 0.29) is 18.5 Å². The van der Waals surface area contributed by atoms with E-state index in [0.29, 0.717) is 19.3 Å². The second-order valence-electron chi connectivity index (χ2n) is 6.83. The molecule has 5 heteroatoms. The highest BCUT2D eigenvalue weighted by atomic mass is 16.5. The lowest BCUT2D eigenvalue weighted by Crippen LogP contribution is -2.59. The van der Waals surface area contributed by atoms with Crippen LogP contribution >= 0.6 is 0 Å². The van der Waals surface area contributed by atoms with E-state index in [1.54, 1.807) is 6.92 Å². The van der Waals surface area contributed by atoms with Gasteiger partial charge >= 0.3 is 5.97 Å². The number of hydrogen-bond acceptors (Lipinski definition) is 4. The minimum atomic E-state index is -1.06. The minimum absolute atomic E-state index is 0.276. The van der Waals surface area contributed by atoms with Crippen LogP contribution in [0.15, 0.2) is 48.5 Å². The average molecular weight is 351 g/mol. The molecule has 1 unspecified atom stereocenters. The lowest BCUT2D eigenvalue weighted by Gasteiger charge is -2.29. The molecule has 1 heterocycles. The Hall–Kier alpha value is -2.82. The summed E-state index contributed by atoms with van der Waals surface area (Å²) in [6.45, 7) is 2.05. The van der Waals surface area contributed by atoms with E-state index < -0.39 is 11.6 Å². The van der Waals surface area contributed by atoms with Crippen LogP contribution in [-0.4, -0.2) is 30.1 Å². The summed E-state index contributed by atoms with van der Waals surface area (Å²) in [6, 6.07) is 15.5. The molecule has 0 radical (unpaired) electrons. The van der Waals surface area contributed by atoms with Gasteiger partial charge in [-0.25, -0.2) is 4.79 Å². The second kappa shape index (κ2) is 6.48. The van der Waals surface area contributed by atoms with Crippen molar-refractivity contribution < 1.29 is 19.1 Å². The summed E-state index contributed by atoms with van der Waals surface area (Å²) in [5.41, 5.74) is 2.08. The molecule has 0 aromatic heterocycles. The van der Waals surface area contributed by atoms with Gasteiger partial charge in [0.15, 0.2) is 6.10 Å². The van der Waals surface area contributed by atoms with Crippen LogP contribution in [0.3, 0.4) is 0 Å². The van der Waals surface area contributed by atoms with Gasteiger partial charge in [0.25, 0.3) is 5.91 Å². The zero-order valence-electron chi connectivity index (χ0n) is 14.7. The quantitative estimate of drug-likeness (QED) is 0.858. The van der Waals surface area contributed by atoms with Gasteiger partial charge < -0.3 is 14.8 Å². The number of nitrogens with one attached hydrogen (secondary N) is 1. The molecule has 1 N–H and O–H groups in total. The predicted molar refractivity (Wildman–Crippen MR) is 95.9 cm³/mol. The topological polar surface area (TPSA) is 64.6 Å². The van der Waals surface area contributed by atoms with E-state index >= 15 is 0 Å². The van der Waals surface area contributed by atoms with Gasteiger partial charge in [-0.2, -0.15) is 0 Å². The van der Waals surface area contributed by atoms with E-state index in [4.69, 9.17) is 9.47 Å². The molecule has 1 aliphatic carbocycles. The Bertz CT molecular complexity index is 811. The second-order valence-corrected chi connectivity index (χ2v) is 6.83. The van der Waals surface area contributed by atoms with E-state index in [0.717, 1.165) is 22.4 Å². The van der Waals surface area contributed by atoms with Gasteiger partial charge in [-0.1, -0.05) is 42.5 Å². The molecule has 0 saturated heterocycles. The highest BCUT2D eigenvalue weighted by Crippen LogP contribution is 2.33. The molecule has 2 aliphatic rings. The van der Waals surface area contributed by atoms with Crippen molar-refractivity contribution in [2.24, 2.45) is 0 Å². The molecule has 0 fully saturated rings. The molecular weight excluding hydrogens is 330 g/mol. The van der Waals surface area contributed by atoms with Crippen molar-refractivity contribution in [2.45, 2.75) is 37.8 Å². The van der Waals surface area contributed by atoms with Gasteiger partial charge in [0.1, 0.15) is 11.3 Å². The van der Waals surface area contributed by atoms with Crippen LogP contribution in [-0.2, 0) is 33.6 Å². The Balaban J connectivity index is 1.55. The Kier molecular flexibility index (Phi) is 4.15. The van der Waals surface area contributed by atoms with Crippen LogP contribution < -0.4 is 10.1 Å². The van der Waals surface area contributed by atoms with Gasteiger partial charge in [0.2, 0.25) is 0 Å². The Morgan fingerprint density at radius 2 is 1.69 bits per heavy atom. The van der Waals surface area contributed by atoms with Crippen LogP contribution in [0.4, 0.5) is 0 Å². The molecule has 0 spiro atoms. The van der Waals surface area contributed by atoms with Crippen molar-refractivity contribution in [3.05, 3.63) is 65.2 Å². The third kappa shape index (κ3) is 2.83. The lowest BCUT2D eigenvalue weighted by molar-refractivity contribution is -0.153. The predicted octanol–water partition coefficient (Wildman–Crippen LogP) is 2.21. The van der Waals surface area contributed by atoms with Crippen LogP contribution in [0.5, 0.6) is 5.75 Å². The number of carbonyl (C=O) groups excluding carboxylic acids is 2. The van der Waals surface area contributed by atoms with Crippen molar-refractivity contribution in [3.63, 3.8) is 0 Å². The number of para-hydroxylation sites is 1. The fraction of sp³-hybridized carbons (Fsp3) is 0.333. The fourth-order valence-electron chi connectivity index (χ4n) is 3.81. The Morgan fingerprint density at radius 3 is 2.31 bits per heavy atom. The number of esters is 1. The normalized spacial score (nSPS) is 19.2. The highest BCUT2D eigenvalue weighted by molar-refractivity contribution is 5.92. The number of amides is 1. The van der Waals surface area contributed by atoms with Gasteiger partial charge in [-0.05, 0) is 29.7 Å². The molecule has 1 amide bonds. The maximum absolute atomic E-state index is 12.9. The first-order valence-electron chi connectivity index (χ1n) is 8.92. The summed E-state index contributed by atoms with van der Waals surface area (Å²) in [5, 5.41) is 2.96. The first-order chi connectivity index (χ1) is 12.6. The summed E-state index contributed by atoms with van der Waals surface area (Å²) < 4.78 is 11.1. The number of benzene rings is 2. The van der Waals surface area contributed by atoms with E-state index in [1.807, 2.05) is 48.5 Å². The summed E-state index contributed by atoms with van der Waals surface area (Å²) in [6.07, 6.45) is 0.761. The molecule has 1 atom stereocenters. The summed E-state index contributed by atoms with van der Waals surface area (Å²) in [4.78, 5) is 25.6. The first-order valence-corrected chi connectivity index (χ1v) is 8.92. The minimum Gasteiger partial charge on any atom is -0.480 e. The van der Waals surface area contributed by atoms with E-state index in [1.165, 1.54) is 0 Å². The van der Waals surface area contributed by atoms with Crippen molar-refractivity contribution >= 4 is 11.9 Å². The van der Waals surface area contributed by atoms with Crippen LogP contribution in [0.2, 0.25) is 0 Å². The molecule has 0 saturated carbocycles. The number of rotatable bonds is 4. The zero-order valence-corrected chi connectivity index (χ0v) is 14.7. The largest absolute Gasteiger partial charge is 0.480 e. The average Bonchev–Trinajstić information content (AvgIpc) is 3.23. The van der Waals surface area contributed by atoms with E-state index in [9.17, 15) is 9.59 Å². The monoisotopic (exact) mass is 351 g/mol. The summed E-state index contributed by atoms with van der Waals surface area (Å²) in [7, 11) is 0. The Morgan fingerprint density at radius 1 is 1.08 bits per heavy atom. The molecule has 0 bridgehead atoms. The number of fused-ring (bicyclic) bond motifs is 2. The van der Waals surface area contributed by atoms with Crippen LogP contribution in [0.1, 0.15) is 23.6 Å². The molecule has 5 nitrogen and oxygen atoms in total. The molecule has 2 aromatic rings. The van der Waals surface area contributed by atoms with Gasteiger partial charge in [0, 0.05) is 19.3 Å². The number of ether oxygens (including phenoxy) is 2. The van der Waals surface area contributed by atoms with Crippen molar-refractivity contribution in [1.82, 2.24) is 5.32 Å². The Labute approximate surface area is 152 Å². The maximum atomic E-state index is 12.9. The maximum Gasteiger partial charge on any atom is 0.332 e. The molecule has 2 aromatic carbocycles. The smallest absolute Gasteiger partial charge is 0.332 e. The van der Waals surface area contributed by atoms with Gasteiger partial charge in [-0.15, -0.1) is 0 Å². The third-order valence-electron chi connectivity index (χ3n) is 5.07. The summed E-state index contributed by atoms with van der Waals surface area (Å²) >= 11 is 0.